The standard InChI is InChI=1S/C13H15NOS/c1-16-13-7-3-2-5-11(13)9-14-10-12-6-4-8-15-12/h2-8,14H,9-10H2,1H3. The zero-order valence-electron chi connectivity index (χ0n) is 9.27. The maximum absolute atomic E-state index is 5.26. The van der Waals surface area contributed by atoms with Crippen molar-refractivity contribution in [2.45, 2.75) is 18.0 Å². The summed E-state index contributed by atoms with van der Waals surface area (Å²) in [4.78, 5) is 1.33. The van der Waals surface area contributed by atoms with E-state index in [4.69, 9.17) is 4.42 Å². The quantitative estimate of drug-likeness (QED) is 0.802. The summed E-state index contributed by atoms with van der Waals surface area (Å²) in [5.41, 5.74) is 1.33. The second-order valence-corrected chi connectivity index (χ2v) is 4.34. The lowest BCUT2D eigenvalue weighted by molar-refractivity contribution is 0.482. The molecule has 0 spiro atoms. The first-order chi connectivity index (χ1) is 7.90. The van der Waals surface area contributed by atoms with Crippen molar-refractivity contribution in [2.24, 2.45) is 0 Å². The topological polar surface area (TPSA) is 25.2 Å². The van der Waals surface area contributed by atoms with Gasteiger partial charge in [0.1, 0.15) is 5.76 Å². The smallest absolute Gasteiger partial charge is 0.117 e. The van der Waals surface area contributed by atoms with E-state index in [1.807, 2.05) is 12.1 Å². The van der Waals surface area contributed by atoms with Crippen LogP contribution in [-0.2, 0) is 13.1 Å². The third kappa shape index (κ3) is 2.90. The van der Waals surface area contributed by atoms with Gasteiger partial charge in [0.15, 0.2) is 0 Å². The van der Waals surface area contributed by atoms with E-state index in [0.29, 0.717) is 0 Å². The number of rotatable bonds is 5. The molecule has 3 heteroatoms. The molecule has 16 heavy (non-hydrogen) atoms. The van der Waals surface area contributed by atoms with E-state index in [-0.39, 0.29) is 0 Å². The van der Waals surface area contributed by atoms with Gasteiger partial charge in [0, 0.05) is 11.4 Å². The molecule has 0 atom stereocenters. The molecule has 0 saturated carbocycles. The van der Waals surface area contributed by atoms with Crippen molar-refractivity contribution >= 4 is 11.8 Å². The van der Waals surface area contributed by atoms with Gasteiger partial charge in [0.2, 0.25) is 0 Å². The van der Waals surface area contributed by atoms with Crippen molar-refractivity contribution < 1.29 is 4.42 Å². The van der Waals surface area contributed by atoms with Crippen LogP contribution in [0.25, 0.3) is 0 Å². The van der Waals surface area contributed by atoms with Gasteiger partial charge in [-0.25, -0.2) is 0 Å². The number of hydrogen-bond donors (Lipinski definition) is 1. The Morgan fingerprint density at radius 2 is 2.00 bits per heavy atom. The molecule has 2 nitrogen and oxygen atoms in total. The lowest BCUT2D eigenvalue weighted by Gasteiger charge is -2.07. The number of thioether (sulfide) groups is 1. The van der Waals surface area contributed by atoms with Crippen molar-refractivity contribution in [1.82, 2.24) is 5.32 Å². The maximum atomic E-state index is 5.26. The first kappa shape index (κ1) is 11.3. The highest BCUT2D eigenvalue weighted by Gasteiger charge is 2.00. The van der Waals surface area contributed by atoms with E-state index in [0.717, 1.165) is 18.8 Å². The SMILES string of the molecule is CSc1ccccc1CNCc1ccco1. The predicted molar refractivity (Wildman–Crippen MR) is 67.5 cm³/mol. The van der Waals surface area contributed by atoms with Gasteiger partial charge in [-0.15, -0.1) is 11.8 Å². The third-order valence-electron chi connectivity index (χ3n) is 2.39. The average molecular weight is 233 g/mol. The molecular formula is C13H15NOS. The van der Waals surface area contributed by atoms with Crippen LogP contribution in [0.2, 0.25) is 0 Å². The van der Waals surface area contributed by atoms with Gasteiger partial charge in [-0.2, -0.15) is 0 Å². The van der Waals surface area contributed by atoms with Crippen LogP contribution in [0.4, 0.5) is 0 Å². The van der Waals surface area contributed by atoms with Crippen molar-refractivity contribution in [3.63, 3.8) is 0 Å². The molecule has 84 valence electrons. The molecule has 2 rings (SSSR count). The highest BCUT2D eigenvalue weighted by atomic mass is 32.2. The van der Waals surface area contributed by atoms with Crippen LogP contribution in [0.3, 0.4) is 0 Å². The number of benzene rings is 1. The van der Waals surface area contributed by atoms with E-state index in [1.165, 1.54) is 10.5 Å². The van der Waals surface area contributed by atoms with E-state index in [1.54, 1.807) is 18.0 Å². The Bertz CT molecular complexity index is 425. The van der Waals surface area contributed by atoms with Crippen LogP contribution < -0.4 is 5.32 Å². The molecule has 0 amide bonds. The van der Waals surface area contributed by atoms with Crippen LogP contribution in [0.5, 0.6) is 0 Å². The molecule has 0 aliphatic heterocycles. The van der Waals surface area contributed by atoms with Gasteiger partial charge in [-0.3, -0.25) is 0 Å². The fourth-order valence-electron chi connectivity index (χ4n) is 1.58. The van der Waals surface area contributed by atoms with Gasteiger partial charge >= 0.3 is 0 Å². The molecule has 0 aliphatic carbocycles. The molecule has 1 aromatic heterocycles. The molecule has 0 radical (unpaired) electrons. The summed E-state index contributed by atoms with van der Waals surface area (Å²) < 4.78 is 5.26. The first-order valence-electron chi connectivity index (χ1n) is 5.25. The molecule has 0 fully saturated rings. The summed E-state index contributed by atoms with van der Waals surface area (Å²) in [5.74, 6) is 0.974. The highest BCUT2D eigenvalue weighted by Crippen LogP contribution is 2.19. The largest absolute Gasteiger partial charge is 0.468 e. The van der Waals surface area contributed by atoms with Crippen LogP contribution in [0.15, 0.2) is 52.0 Å². The number of furan rings is 1. The van der Waals surface area contributed by atoms with Gasteiger partial charge in [-0.1, -0.05) is 18.2 Å². The average Bonchev–Trinajstić information content (AvgIpc) is 2.83. The van der Waals surface area contributed by atoms with Crippen LogP contribution in [0, 0.1) is 0 Å². The Balaban J connectivity index is 1.89. The zero-order valence-corrected chi connectivity index (χ0v) is 10.1. The predicted octanol–water partition coefficient (Wildman–Crippen LogP) is 3.29. The van der Waals surface area contributed by atoms with Crippen molar-refractivity contribution in [1.29, 1.82) is 0 Å². The van der Waals surface area contributed by atoms with E-state index in [2.05, 4.69) is 35.8 Å². The van der Waals surface area contributed by atoms with Gasteiger partial charge in [0.05, 0.1) is 12.8 Å². The van der Waals surface area contributed by atoms with Crippen molar-refractivity contribution in [3.8, 4) is 0 Å². The Kier molecular flexibility index (Phi) is 4.08. The van der Waals surface area contributed by atoms with Crippen LogP contribution in [-0.4, -0.2) is 6.26 Å². The number of nitrogens with one attached hydrogen (secondary N) is 1. The summed E-state index contributed by atoms with van der Waals surface area (Å²) in [5, 5.41) is 3.37. The molecule has 1 aromatic carbocycles. The Morgan fingerprint density at radius 1 is 1.12 bits per heavy atom. The van der Waals surface area contributed by atoms with Gasteiger partial charge < -0.3 is 9.73 Å². The van der Waals surface area contributed by atoms with Crippen molar-refractivity contribution in [3.05, 3.63) is 54.0 Å². The molecular weight excluding hydrogens is 218 g/mol. The van der Waals surface area contributed by atoms with Crippen molar-refractivity contribution in [2.75, 3.05) is 6.26 Å². The third-order valence-corrected chi connectivity index (χ3v) is 3.23. The van der Waals surface area contributed by atoms with Crippen LogP contribution in [0.1, 0.15) is 11.3 Å². The monoisotopic (exact) mass is 233 g/mol. The summed E-state index contributed by atoms with van der Waals surface area (Å²) in [6.07, 6.45) is 3.80. The van der Waals surface area contributed by atoms with Gasteiger partial charge in [-0.05, 0) is 30.0 Å². The first-order valence-corrected chi connectivity index (χ1v) is 6.47. The molecule has 0 bridgehead atoms. The normalized spacial score (nSPS) is 10.6. The lowest BCUT2D eigenvalue weighted by atomic mass is 10.2. The Hall–Kier alpha value is -1.19. The summed E-state index contributed by atoms with van der Waals surface area (Å²) in [6.45, 7) is 1.65. The zero-order chi connectivity index (χ0) is 11.2. The highest BCUT2D eigenvalue weighted by molar-refractivity contribution is 7.98. The molecule has 0 saturated heterocycles. The molecule has 1 N–H and O–H groups in total. The van der Waals surface area contributed by atoms with E-state index < -0.39 is 0 Å². The minimum Gasteiger partial charge on any atom is -0.468 e. The molecule has 0 unspecified atom stereocenters. The summed E-state index contributed by atoms with van der Waals surface area (Å²) >= 11 is 1.78. The fraction of sp³-hybridized carbons (Fsp3) is 0.231. The minimum atomic E-state index is 0.774. The second-order valence-electron chi connectivity index (χ2n) is 3.49. The molecule has 0 aliphatic rings. The van der Waals surface area contributed by atoms with Gasteiger partial charge in [0.25, 0.3) is 0 Å². The number of hydrogen-bond acceptors (Lipinski definition) is 3. The fourth-order valence-corrected chi connectivity index (χ4v) is 2.20. The molecule has 1 heterocycles. The minimum absolute atomic E-state index is 0.774. The van der Waals surface area contributed by atoms with E-state index in [9.17, 15) is 0 Å². The Labute approximate surface area is 100 Å². The maximum Gasteiger partial charge on any atom is 0.117 e. The Morgan fingerprint density at radius 3 is 2.75 bits per heavy atom. The van der Waals surface area contributed by atoms with E-state index >= 15 is 0 Å². The summed E-state index contributed by atoms with van der Waals surface area (Å²) in [6, 6.07) is 12.3. The summed E-state index contributed by atoms with van der Waals surface area (Å²) in [7, 11) is 0. The molecule has 2 aromatic rings. The van der Waals surface area contributed by atoms with Crippen LogP contribution >= 0.6 is 11.8 Å². The lowest BCUT2D eigenvalue weighted by Crippen LogP contribution is -2.12. The second kappa shape index (κ2) is 5.77.